The average molecular weight is 818 g/mol. The van der Waals surface area contributed by atoms with E-state index in [1.54, 1.807) is 0 Å². The maximum atomic E-state index is 6.26. The van der Waals surface area contributed by atoms with Crippen LogP contribution in [-0.2, 0) is 0 Å². The number of fused-ring (bicyclic) bond motifs is 9. The van der Waals surface area contributed by atoms with Gasteiger partial charge in [-0.05, 0) is 119 Å². The molecule has 0 N–H and O–H groups in total. The normalized spacial score (nSPS) is 11.8. The number of rotatable bonds is 7. The highest BCUT2D eigenvalue weighted by Crippen LogP contribution is 2.41. The van der Waals surface area contributed by atoms with E-state index < -0.39 is 0 Å². The first kappa shape index (κ1) is 36.1. The fourth-order valence-electron chi connectivity index (χ4n) is 9.92. The molecule has 0 atom stereocenters. The molecule has 64 heavy (non-hydrogen) atoms. The van der Waals surface area contributed by atoms with E-state index in [1.165, 1.54) is 60.3 Å². The largest absolute Gasteiger partial charge is 0.456 e. The van der Waals surface area contributed by atoms with Crippen LogP contribution < -0.4 is 4.90 Å². The molecule has 3 aromatic heterocycles. The highest BCUT2D eigenvalue weighted by molar-refractivity contribution is 6.11. The molecule has 0 saturated heterocycles. The smallest absolute Gasteiger partial charge is 0.135 e. The Hall–Kier alpha value is -8.60. The summed E-state index contributed by atoms with van der Waals surface area (Å²) in [6, 6.07) is 85.2. The highest BCUT2D eigenvalue weighted by Gasteiger charge is 2.18. The molecule has 0 bridgehead atoms. The summed E-state index contributed by atoms with van der Waals surface area (Å²) >= 11 is 0. The zero-order chi connectivity index (χ0) is 42.1. The van der Waals surface area contributed by atoms with Gasteiger partial charge in [-0.3, -0.25) is 0 Å². The summed E-state index contributed by atoms with van der Waals surface area (Å²) in [5.74, 6) is 0. The van der Waals surface area contributed by atoms with E-state index in [-0.39, 0.29) is 0 Å². The van der Waals surface area contributed by atoms with Crippen molar-refractivity contribution in [2.24, 2.45) is 0 Å². The number of hydrogen-bond acceptors (Lipinski definition) is 2. The van der Waals surface area contributed by atoms with E-state index >= 15 is 0 Å². The molecule has 0 aliphatic heterocycles. The summed E-state index contributed by atoms with van der Waals surface area (Å²) in [4.78, 5) is 2.34. The predicted octanol–water partition coefficient (Wildman–Crippen LogP) is 16.6. The quantitative estimate of drug-likeness (QED) is 0.160. The molecule has 4 heteroatoms. The minimum absolute atomic E-state index is 0.879. The molecule has 0 radical (unpaired) electrons. The first-order valence-electron chi connectivity index (χ1n) is 21.8. The minimum Gasteiger partial charge on any atom is -0.456 e. The topological polar surface area (TPSA) is 26.2 Å². The fraction of sp³-hybridized carbons (Fsp3) is 0. The summed E-state index contributed by atoms with van der Waals surface area (Å²) in [5.41, 5.74) is 16.8. The monoisotopic (exact) mass is 817 g/mol. The van der Waals surface area contributed by atoms with Gasteiger partial charge in [-0.25, -0.2) is 0 Å². The Balaban J connectivity index is 0.867. The molecule has 0 aliphatic rings. The zero-order valence-corrected chi connectivity index (χ0v) is 34.8. The molecule has 0 spiro atoms. The number of nitrogens with zero attached hydrogens (tertiary/aromatic N) is 3. The maximum Gasteiger partial charge on any atom is 0.135 e. The van der Waals surface area contributed by atoms with Crippen LogP contribution in [0.15, 0.2) is 241 Å². The molecule has 0 fully saturated rings. The van der Waals surface area contributed by atoms with Gasteiger partial charge in [0.25, 0.3) is 0 Å². The Kier molecular flexibility index (Phi) is 8.18. The van der Waals surface area contributed by atoms with E-state index in [4.69, 9.17) is 4.42 Å². The van der Waals surface area contributed by atoms with Crippen LogP contribution in [0.5, 0.6) is 0 Å². The number of anilines is 3. The van der Waals surface area contributed by atoms with Crippen molar-refractivity contribution in [2.75, 3.05) is 4.90 Å². The van der Waals surface area contributed by atoms with Gasteiger partial charge in [-0.15, -0.1) is 0 Å². The lowest BCUT2D eigenvalue weighted by atomic mass is 9.99. The summed E-state index contributed by atoms with van der Waals surface area (Å²) in [6.45, 7) is 0. The van der Waals surface area contributed by atoms with Crippen LogP contribution in [0, 0.1) is 0 Å². The third kappa shape index (κ3) is 5.77. The molecule has 0 saturated carbocycles. The fourth-order valence-corrected chi connectivity index (χ4v) is 9.92. The standard InChI is InChI=1S/C60H39N3O/c1-2-12-44(13-3-1)63-57-20-10-6-16-51(57)52-36-28-43(38-58(52)63)42-24-22-40(23-25-42)41-26-29-45(30-27-41)61(48-35-37-60-54(39-48)53-17-7-11-21-59(53)64-60)46-31-33-47(34-32-46)62-55-18-8-4-14-49(55)50-15-5-9-19-56(50)62/h1-39H. The van der Waals surface area contributed by atoms with Crippen molar-refractivity contribution in [1.82, 2.24) is 9.13 Å². The van der Waals surface area contributed by atoms with Crippen molar-refractivity contribution in [3.8, 4) is 33.6 Å². The first-order chi connectivity index (χ1) is 31.7. The zero-order valence-electron chi connectivity index (χ0n) is 34.8. The Labute approximate surface area is 369 Å². The van der Waals surface area contributed by atoms with Gasteiger partial charge in [-0.1, -0.05) is 140 Å². The van der Waals surface area contributed by atoms with Crippen LogP contribution >= 0.6 is 0 Å². The summed E-state index contributed by atoms with van der Waals surface area (Å²) in [6.07, 6.45) is 0. The Morgan fingerprint density at radius 3 is 1.31 bits per heavy atom. The lowest BCUT2D eigenvalue weighted by Gasteiger charge is -2.26. The van der Waals surface area contributed by atoms with Crippen LogP contribution in [0.25, 0.3) is 99.2 Å². The van der Waals surface area contributed by atoms with Gasteiger partial charge < -0.3 is 18.5 Å². The predicted molar refractivity (Wildman–Crippen MR) is 268 cm³/mol. The van der Waals surface area contributed by atoms with Crippen molar-refractivity contribution in [3.05, 3.63) is 237 Å². The first-order valence-corrected chi connectivity index (χ1v) is 21.8. The van der Waals surface area contributed by atoms with Crippen molar-refractivity contribution in [3.63, 3.8) is 0 Å². The average Bonchev–Trinajstić information content (AvgIpc) is 4.02. The third-order valence-electron chi connectivity index (χ3n) is 12.9. The molecule has 0 aliphatic carbocycles. The van der Waals surface area contributed by atoms with Crippen LogP contribution in [0.3, 0.4) is 0 Å². The van der Waals surface area contributed by atoms with E-state index in [0.717, 1.165) is 55.9 Å². The van der Waals surface area contributed by atoms with Crippen molar-refractivity contribution < 1.29 is 4.42 Å². The number of aromatic nitrogens is 2. The van der Waals surface area contributed by atoms with Crippen molar-refractivity contribution in [1.29, 1.82) is 0 Å². The van der Waals surface area contributed by atoms with Gasteiger partial charge in [0.2, 0.25) is 0 Å². The van der Waals surface area contributed by atoms with Crippen LogP contribution in [-0.4, -0.2) is 9.13 Å². The van der Waals surface area contributed by atoms with Gasteiger partial charge in [0.05, 0.1) is 22.1 Å². The number of furan rings is 1. The molecule has 0 unspecified atom stereocenters. The Bertz CT molecular complexity index is 3820. The van der Waals surface area contributed by atoms with E-state index in [1.807, 2.05) is 12.1 Å². The van der Waals surface area contributed by atoms with Gasteiger partial charge in [0, 0.05) is 60.8 Å². The minimum atomic E-state index is 0.879. The molecular formula is C60H39N3O. The Morgan fingerprint density at radius 1 is 0.266 bits per heavy atom. The second kappa shape index (κ2) is 14.5. The highest BCUT2D eigenvalue weighted by atomic mass is 16.3. The van der Waals surface area contributed by atoms with Gasteiger partial charge in [-0.2, -0.15) is 0 Å². The molecule has 13 aromatic rings. The second-order valence-electron chi connectivity index (χ2n) is 16.5. The molecule has 300 valence electrons. The third-order valence-corrected chi connectivity index (χ3v) is 12.9. The molecule has 4 nitrogen and oxygen atoms in total. The number of benzene rings is 10. The maximum absolute atomic E-state index is 6.26. The number of hydrogen-bond donors (Lipinski definition) is 0. The molecule has 13 rings (SSSR count). The summed E-state index contributed by atoms with van der Waals surface area (Å²) in [7, 11) is 0. The van der Waals surface area contributed by atoms with Gasteiger partial charge >= 0.3 is 0 Å². The van der Waals surface area contributed by atoms with E-state index in [9.17, 15) is 0 Å². The van der Waals surface area contributed by atoms with Crippen molar-refractivity contribution >= 4 is 82.6 Å². The Morgan fingerprint density at radius 2 is 0.688 bits per heavy atom. The van der Waals surface area contributed by atoms with Gasteiger partial charge in [0.15, 0.2) is 0 Å². The van der Waals surface area contributed by atoms with E-state index in [0.29, 0.717) is 0 Å². The summed E-state index contributed by atoms with van der Waals surface area (Å²) in [5, 5.41) is 7.23. The van der Waals surface area contributed by atoms with E-state index in [2.05, 4.69) is 238 Å². The second-order valence-corrected chi connectivity index (χ2v) is 16.5. The lowest BCUT2D eigenvalue weighted by Crippen LogP contribution is -2.10. The van der Waals surface area contributed by atoms with Crippen LogP contribution in [0.4, 0.5) is 17.1 Å². The van der Waals surface area contributed by atoms with Gasteiger partial charge in [0.1, 0.15) is 11.2 Å². The molecule has 10 aromatic carbocycles. The summed E-state index contributed by atoms with van der Waals surface area (Å²) < 4.78 is 11.0. The lowest BCUT2D eigenvalue weighted by molar-refractivity contribution is 0.669. The van der Waals surface area contributed by atoms with Crippen molar-refractivity contribution in [2.45, 2.75) is 0 Å². The molecule has 3 heterocycles. The molecule has 0 amide bonds. The SMILES string of the molecule is c1ccc(-n2c3ccccc3c3ccc(-c4ccc(-c5ccc(N(c6ccc(-n7c8ccccc8c8ccccc87)cc6)c6ccc7oc8ccccc8c7c6)cc5)cc4)cc32)cc1. The molecular weight excluding hydrogens is 779 g/mol. The number of para-hydroxylation sites is 5. The van der Waals surface area contributed by atoms with Crippen LogP contribution in [0.2, 0.25) is 0 Å². The van der Waals surface area contributed by atoms with Crippen LogP contribution in [0.1, 0.15) is 0 Å².